The molecule has 1 N–H and O–H groups in total. The highest BCUT2D eigenvalue weighted by Gasteiger charge is 1.97. The normalized spacial score (nSPS) is 10.6. The number of halogens is 1. The highest BCUT2D eigenvalue weighted by atomic mass is 35.5. The number of oxime groups is 1. The van der Waals surface area contributed by atoms with Crippen molar-refractivity contribution in [2.75, 3.05) is 0 Å². The average molecular weight is 171 g/mol. The first kappa shape index (κ1) is 8.01. The summed E-state index contributed by atoms with van der Waals surface area (Å²) in [7, 11) is 0. The maximum absolute atomic E-state index is 8.23. The largest absolute Gasteiger partial charge is 0.411 e. The van der Waals surface area contributed by atoms with Crippen LogP contribution in [0.3, 0.4) is 0 Å². The van der Waals surface area contributed by atoms with Crippen LogP contribution in [-0.2, 0) is 5.88 Å². The number of rotatable bonds is 2. The van der Waals surface area contributed by atoms with Crippen molar-refractivity contribution in [1.82, 2.24) is 4.98 Å². The Morgan fingerprint density at radius 1 is 1.73 bits per heavy atom. The second-order valence-electron chi connectivity index (χ2n) is 1.93. The number of pyridine rings is 1. The zero-order valence-electron chi connectivity index (χ0n) is 5.74. The van der Waals surface area contributed by atoms with Gasteiger partial charge in [0.1, 0.15) is 0 Å². The molecule has 0 unspecified atom stereocenters. The van der Waals surface area contributed by atoms with E-state index in [-0.39, 0.29) is 0 Å². The lowest BCUT2D eigenvalue weighted by Crippen LogP contribution is -1.92. The quantitative estimate of drug-likeness (QED) is 0.317. The molecular weight excluding hydrogens is 164 g/mol. The third kappa shape index (κ3) is 1.91. The molecule has 0 saturated heterocycles. The predicted octanol–water partition coefficient (Wildman–Crippen LogP) is 1.63. The molecule has 0 bridgehead atoms. The first-order valence-corrected chi connectivity index (χ1v) is 3.59. The van der Waals surface area contributed by atoms with Crippen LogP contribution in [0.4, 0.5) is 0 Å². The Morgan fingerprint density at radius 3 is 3.18 bits per heavy atom. The highest BCUT2D eigenvalue weighted by Crippen LogP contribution is 2.05. The fraction of sp³-hybridized carbons (Fsp3) is 0.143. The van der Waals surface area contributed by atoms with Gasteiger partial charge >= 0.3 is 0 Å². The molecule has 1 rings (SSSR count). The summed E-state index contributed by atoms with van der Waals surface area (Å²) in [5.74, 6) is 0.370. The molecule has 1 aromatic heterocycles. The third-order valence-corrected chi connectivity index (χ3v) is 1.54. The number of hydrogen-bond donors (Lipinski definition) is 1. The van der Waals surface area contributed by atoms with Gasteiger partial charge in [0.25, 0.3) is 0 Å². The Balaban J connectivity index is 3.02. The maximum atomic E-state index is 8.23. The molecule has 0 aliphatic carbocycles. The summed E-state index contributed by atoms with van der Waals surface area (Å²) in [5, 5.41) is 11.1. The summed E-state index contributed by atoms with van der Waals surface area (Å²) in [4.78, 5) is 3.95. The van der Waals surface area contributed by atoms with Crippen molar-refractivity contribution in [2.24, 2.45) is 5.16 Å². The summed E-state index contributed by atoms with van der Waals surface area (Å²) >= 11 is 5.58. The molecule has 1 heterocycles. The fourth-order valence-electron chi connectivity index (χ4n) is 0.735. The molecule has 3 nitrogen and oxygen atoms in total. The van der Waals surface area contributed by atoms with Crippen LogP contribution in [0.2, 0.25) is 0 Å². The summed E-state index contributed by atoms with van der Waals surface area (Å²) in [6, 6.07) is 3.61. The van der Waals surface area contributed by atoms with Crippen molar-refractivity contribution < 1.29 is 5.21 Å². The molecule has 1 aromatic rings. The minimum absolute atomic E-state index is 0.370. The maximum Gasteiger partial charge on any atom is 0.0921 e. The van der Waals surface area contributed by atoms with Gasteiger partial charge in [-0.05, 0) is 11.6 Å². The van der Waals surface area contributed by atoms with Crippen molar-refractivity contribution >= 4 is 17.8 Å². The van der Waals surface area contributed by atoms with Crippen LogP contribution >= 0.6 is 11.6 Å². The van der Waals surface area contributed by atoms with E-state index in [1.807, 2.05) is 6.07 Å². The van der Waals surface area contributed by atoms with Crippen molar-refractivity contribution in [1.29, 1.82) is 0 Å². The van der Waals surface area contributed by atoms with Gasteiger partial charge in [0.15, 0.2) is 0 Å². The van der Waals surface area contributed by atoms with Gasteiger partial charge < -0.3 is 5.21 Å². The lowest BCUT2D eigenvalue weighted by Gasteiger charge is -1.96. The second-order valence-corrected chi connectivity index (χ2v) is 2.19. The van der Waals surface area contributed by atoms with Gasteiger partial charge in [-0.2, -0.15) is 0 Å². The first-order chi connectivity index (χ1) is 5.38. The Kier molecular flexibility index (Phi) is 2.86. The molecule has 0 amide bonds. The SMILES string of the molecule is ON=Cc1ncccc1CCl. The van der Waals surface area contributed by atoms with E-state index >= 15 is 0 Å². The third-order valence-electron chi connectivity index (χ3n) is 1.25. The van der Waals surface area contributed by atoms with Crippen LogP contribution in [0.25, 0.3) is 0 Å². The van der Waals surface area contributed by atoms with E-state index in [1.165, 1.54) is 6.21 Å². The number of aromatic nitrogens is 1. The van der Waals surface area contributed by atoms with Crippen LogP contribution in [0.5, 0.6) is 0 Å². The molecule has 0 radical (unpaired) electrons. The molecule has 0 spiro atoms. The molecule has 0 saturated carbocycles. The van der Waals surface area contributed by atoms with Gasteiger partial charge in [0.05, 0.1) is 11.9 Å². The fourth-order valence-corrected chi connectivity index (χ4v) is 0.961. The molecule has 11 heavy (non-hydrogen) atoms. The van der Waals surface area contributed by atoms with Gasteiger partial charge in [-0.1, -0.05) is 11.2 Å². The van der Waals surface area contributed by atoms with Crippen LogP contribution in [0.15, 0.2) is 23.5 Å². The molecular formula is C7H7ClN2O. The van der Waals surface area contributed by atoms with Crippen LogP contribution in [-0.4, -0.2) is 16.4 Å². The van der Waals surface area contributed by atoms with Crippen molar-refractivity contribution in [2.45, 2.75) is 5.88 Å². The predicted molar refractivity (Wildman–Crippen MR) is 43.2 cm³/mol. The number of alkyl halides is 1. The molecule has 58 valence electrons. The van der Waals surface area contributed by atoms with Gasteiger partial charge in [-0.3, -0.25) is 4.98 Å². The standard InChI is InChI=1S/C7H7ClN2O/c8-4-6-2-1-3-9-7(6)5-10-11/h1-3,5,11H,4H2. The van der Waals surface area contributed by atoms with Gasteiger partial charge in [-0.25, -0.2) is 0 Å². The zero-order chi connectivity index (χ0) is 8.10. The van der Waals surface area contributed by atoms with Crippen LogP contribution in [0, 0.1) is 0 Å². The molecule has 0 aliphatic rings. The Labute approximate surface area is 69.3 Å². The van der Waals surface area contributed by atoms with E-state index in [4.69, 9.17) is 16.8 Å². The van der Waals surface area contributed by atoms with Gasteiger partial charge in [-0.15, -0.1) is 11.6 Å². The minimum Gasteiger partial charge on any atom is -0.411 e. The number of hydrogen-bond acceptors (Lipinski definition) is 3. The molecule has 0 aromatic carbocycles. The Hall–Kier alpha value is -1.09. The number of nitrogens with zero attached hydrogens (tertiary/aromatic N) is 2. The van der Waals surface area contributed by atoms with E-state index < -0.39 is 0 Å². The summed E-state index contributed by atoms with van der Waals surface area (Å²) in [6.07, 6.45) is 2.88. The highest BCUT2D eigenvalue weighted by molar-refractivity contribution is 6.17. The first-order valence-electron chi connectivity index (χ1n) is 3.05. The average Bonchev–Trinajstić information content (AvgIpc) is 2.06. The molecule has 0 fully saturated rings. The van der Waals surface area contributed by atoms with Crippen LogP contribution in [0.1, 0.15) is 11.3 Å². The van der Waals surface area contributed by atoms with E-state index in [0.29, 0.717) is 11.6 Å². The Bertz CT molecular complexity index is 262. The Morgan fingerprint density at radius 2 is 2.55 bits per heavy atom. The minimum atomic E-state index is 0.370. The topological polar surface area (TPSA) is 45.5 Å². The van der Waals surface area contributed by atoms with Gasteiger partial charge in [0.2, 0.25) is 0 Å². The molecule has 0 atom stereocenters. The van der Waals surface area contributed by atoms with E-state index in [0.717, 1.165) is 5.56 Å². The van der Waals surface area contributed by atoms with Crippen molar-refractivity contribution in [3.05, 3.63) is 29.6 Å². The summed E-state index contributed by atoms with van der Waals surface area (Å²) in [6.45, 7) is 0. The van der Waals surface area contributed by atoms with E-state index in [2.05, 4.69) is 10.1 Å². The van der Waals surface area contributed by atoms with Crippen LogP contribution < -0.4 is 0 Å². The molecule has 4 heteroatoms. The monoisotopic (exact) mass is 170 g/mol. The van der Waals surface area contributed by atoms with Gasteiger partial charge in [0, 0.05) is 12.1 Å². The zero-order valence-corrected chi connectivity index (χ0v) is 6.49. The summed E-state index contributed by atoms with van der Waals surface area (Å²) < 4.78 is 0. The smallest absolute Gasteiger partial charge is 0.0921 e. The molecule has 0 aliphatic heterocycles. The lowest BCUT2D eigenvalue weighted by atomic mass is 10.2. The second kappa shape index (κ2) is 3.93. The van der Waals surface area contributed by atoms with E-state index in [1.54, 1.807) is 12.3 Å². The van der Waals surface area contributed by atoms with E-state index in [9.17, 15) is 0 Å². The van der Waals surface area contributed by atoms with Crippen molar-refractivity contribution in [3.8, 4) is 0 Å². The summed E-state index contributed by atoms with van der Waals surface area (Å²) in [5.41, 5.74) is 1.46. The van der Waals surface area contributed by atoms with Crippen molar-refractivity contribution in [3.63, 3.8) is 0 Å². The lowest BCUT2D eigenvalue weighted by molar-refractivity contribution is 0.321.